The summed E-state index contributed by atoms with van der Waals surface area (Å²) in [6.07, 6.45) is -0.527. The van der Waals surface area contributed by atoms with E-state index in [2.05, 4.69) is 0 Å². The topological polar surface area (TPSA) is 110 Å². The molecule has 0 bridgehead atoms. The van der Waals surface area contributed by atoms with Gasteiger partial charge in [-0.15, -0.1) is 0 Å². The van der Waals surface area contributed by atoms with Crippen LogP contribution in [0, 0.1) is 5.92 Å². The molecule has 0 saturated carbocycles. The first-order valence-corrected chi connectivity index (χ1v) is 7.00. The quantitative estimate of drug-likeness (QED) is 0.711. The van der Waals surface area contributed by atoms with E-state index in [0.717, 1.165) is 5.56 Å². The second-order valence-corrected chi connectivity index (χ2v) is 5.52. The third kappa shape index (κ3) is 3.22. The van der Waals surface area contributed by atoms with E-state index in [0.29, 0.717) is 0 Å². The summed E-state index contributed by atoms with van der Waals surface area (Å²) >= 11 is 0. The maximum absolute atomic E-state index is 12.5. The van der Waals surface area contributed by atoms with Gasteiger partial charge in [-0.1, -0.05) is 37.3 Å². The molecule has 5 N–H and O–H groups in total. The van der Waals surface area contributed by atoms with Crippen LogP contribution in [0.25, 0.3) is 0 Å². The van der Waals surface area contributed by atoms with Gasteiger partial charge >= 0.3 is 0 Å². The molecule has 0 aromatic heterocycles. The van der Waals surface area contributed by atoms with E-state index in [4.69, 9.17) is 11.5 Å². The van der Waals surface area contributed by atoms with Crippen molar-refractivity contribution in [2.75, 3.05) is 6.54 Å². The van der Waals surface area contributed by atoms with Crippen molar-refractivity contribution < 1.29 is 14.7 Å². The molecule has 6 nitrogen and oxygen atoms in total. The molecule has 1 aromatic carbocycles. The summed E-state index contributed by atoms with van der Waals surface area (Å²) in [6.45, 7) is 1.85. The Kier molecular flexibility index (Phi) is 4.59. The van der Waals surface area contributed by atoms with Crippen molar-refractivity contribution >= 4 is 11.8 Å². The number of likely N-dealkylation sites (tertiary alicyclic amines) is 1. The standard InChI is InChI=1S/C15H21N3O3/c1-9(13(16)10-5-3-2-4-6-10)15(21)18-8-11(19)7-12(18)14(17)20/h2-6,9,11-13,19H,7-8,16H2,1H3,(H2,17,20). The van der Waals surface area contributed by atoms with Gasteiger partial charge in [-0.3, -0.25) is 9.59 Å². The predicted octanol–water partition coefficient (Wildman–Crippen LogP) is -0.230. The molecule has 1 aliphatic heterocycles. The number of carbonyl (C=O) groups is 2. The number of nitrogens with zero attached hydrogens (tertiary/aromatic N) is 1. The summed E-state index contributed by atoms with van der Waals surface area (Å²) in [5.41, 5.74) is 12.3. The molecule has 6 heteroatoms. The van der Waals surface area contributed by atoms with Crippen LogP contribution < -0.4 is 11.5 Å². The van der Waals surface area contributed by atoms with E-state index in [1.807, 2.05) is 30.3 Å². The lowest BCUT2D eigenvalue weighted by Crippen LogP contribution is -2.47. The third-order valence-electron chi connectivity index (χ3n) is 4.00. The third-order valence-corrected chi connectivity index (χ3v) is 4.00. The van der Waals surface area contributed by atoms with Crippen LogP contribution in [-0.2, 0) is 9.59 Å². The van der Waals surface area contributed by atoms with Gasteiger partial charge in [0.1, 0.15) is 6.04 Å². The molecular weight excluding hydrogens is 270 g/mol. The number of β-amino-alcohol motifs (C(OH)–C–C–N with tert-alkyl or cyclic N) is 1. The number of nitrogens with two attached hydrogens (primary N) is 2. The first kappa shape index (κ1) is 15.5. The second kappa shape index (κ2) is 6.24. The van der Waals surface area contributed by atoms with E-state index in [1.165, 1.54) is 4.90 Å². The fourth-order valence-electron chi connectivity index (χ4n) is 2.71. The van der Waals surface area contributed by atoms with E-state index >= 15 is 0 Å². The summed E-state index contributed by atoms with van der Waals surface area (Å²) < 4.78 is 0. The fourth-order valence-corrected chi connectivity index (χ4v) is 2.71. The number of carbonyl (C=O) groups excluding carboxylic acids is 2. The van der Waals surface area contributed by atoms with Crippen LogP contribution in [-0.4, -0.2) is 40.5 Å². The molecule has 1 saturated heterocycles. The molecule has 1 aromatic rings. The molecule has 114 valence electrons. The van der Waals surface area contributed by atoms with E-state index in [1.54, 1.807) is 6.92 Å². The van der Waals surface area contributed by atoms with Crippen LogP contribution in [0.4, 0.5) is 0 Å². The maximum Gasteiger partial charge on any atom is 0.240 e. The minimum atomic E-state index is -0.752. The molecule has 0 radical (unpaired) electrons. The number of primary amides is 1. The molecule has 1 heterocycles. The Morgan fingerprint density at radius 2 is 1.95 bits per heavy atom. The zero-order valence-electron chi connectivity index (χ0n) is 12.0. The van der Waals surface area contributed by atoms with Crippen molar-refractivity contribution in [1.82, 2.24) is 4.90 Å². The summed E-state index contributed by atoms with van der Waals surface area (Å²) in [5, 5.41) is 9.67. The number of aliphatic hydroxyl groups is 1. The Balaban J connectivity index is 2.13. The smallest absolute Gasteiger partial charge is 0.240 e. The number of aliphatic hydroxyl groups excluding tert-OH is 1. The Morgan fingerprint density at radius 1 is 1.33 bits per heavy atom. The average Bonchev–Trinajstić information content (AvgIpc) is 2.88. The summed E-state index contributed by atoms with van der Waals surface area (Å²) in [5.74, 6) is -1.35. The van der Waals surface area contributed by atoms with Crippen molar-refractivity contribution in [2.45, 2.75) is 31.5 Å². The number of hydrogen-bond acceptors (Lipinski definition) is 4. The Morgan fingerprint density at radius 3 is 2.52 bits per heavy atom. The molecule has 1 aliphatic rings. The first-order chi connectivity index (χ1) is 9.91. The Labute approximate surface area is 123 Å². The van der Waals surface area contributed by atoms with Crippen LogP contribution in [0.1, 0.15) is 24.9 Å². The van der Waals surface area contributed by atoms with Gasteiger partial charge in [0.15, 0.2) is 0 Å². The lowest BCUT2D eigenvalue weighted by molar-refractivity contribution is -0.141. The van der Waals surface area contributed by atoms with Gasteiger partial charge in [-0.05, 0) is 5.56 Å². The number of benzene rings is 1. The summed E-state index contributed by atoms with van der Waals surface area (Å²) in [6, 6.07) is 8.10. The predicted molar refractivity (Wildman–Crippen MR) is 77.9 cm³/mol. The minimum absolute atomic E-state index is 0.123. The van der Waals surface area contributed by atoms with Crippen molar-refractivity contribution in [3.63, 3.8) is 0 Å². The normalized spacial score (nSPS) is 24.6. The van der Waals surface area contributed by atoms with E-state index in [9.17, 15) is 14.7 Å². The van der Waals surface area contributed by atoms with Gasteiger partial charge in [-0.25, -0.2) is 0 Å². The average molecular weight is 291 g/mol. The minimum Gasteiger partial charge on any atom is -0.391 e. The van der Waals surface area contributed by atoms with Gasteiger partial charge in [0.05, 0.1) is 12.0 Å². The van der Waals surface area contributed by atoms with Gasteiger partial charge in [0.25, 0.3) is 0 Å². The van der Waals surface area contributed by atoms with E-state index < -0.39 is 30.0 Å². The summed E-state index contributed by atoms with van der Waals surface area (Å²) in [4.78, 5) is 25.3. The monoisotopic (exact) mass is 291 g/mol. The van der Waals surface area contributed by atoms with Crippen LogP contribution in [0.15, 0.2) is 30.3 Å². The molecule has 1 fully saturated rings. The molecule has 4 atom stereocenters. The first-order valence-electron chi connectivity index (χ1n) is 7.00. The van der Waals surface area contributed by atoms with Crippen LogP contribution in [0.5, 0.6) is 0 Å². The fraction of sp³-hybridized carbons (Fsp3) is 0.467. The van der Waals surface area contributed by atoms with Crippen molar-refractivity contribution in [2.24, 2.45) is 17.4 Å². The highest BCUT2D eigenvalue weighted by molar-refractivity contribution is 5.88. The van der Waals surface area contributed by atoms with Crippen molar-refractivity contribution in [3.05, 3.63) is 35.9 Å². The van der Waals surface area contributed by atoms with Crippen LogP contribution in [0.2, 0.25) is 0 Å². The van der Waals surface area contributed by atoms with Gasteiger partial charge in [0, 0.05) is 19.0 Å². The lowest BCUT2D eigenvalue weighted by atomic mass is 9.94. The number of rotatable bonds is 4. The van der Waals surface area contributed by atoms with Gasteiger partial charge in [0.2, 0.25) is 11.8 Å². The zero-order valence-corrected chi connectivity index (χ0v) is 12.0. The maximum atomic E-state index is 12.5. The van der Waals surface area contributed by atoms with Crippen molar-refractivity contribution in [3.8, 4) is 0 Å². The summed E-state index contributed by atoms with van der Waals surface area (Å²) in [7, 11) is 0. The highest BCUT2D eigenvalue weighted by Crippen LogP contribution is 2.25. The molecular formula is C15H21N3O3. The van der Waals surface area contributed by atoms with Gasteiger partial charge in [-0.2, -0.15) is 0 Å². The van der Waals surface area contributed by atoms with Crippen LogP contribution >= 0.6 is 0 Å². The highest BCUT2D eigenvalue weighted by Gasteiger charge is 2.40. The largest absolute Gasteiger partial charge is 0.391 e. The van der Waals surface area contributed by atoms with E-state index in [-0.39, 0.29) is 18.9 Å². The molecule has 0 aliphatic carbocycles. The van der Waals surface area contributed by atoms with Crippen molar-refractivity contribution in [1.29, 1.82) is 0 Å². The second-order valence-electron chi connectivity index (χ2n) is 5.52. The lowest BCUT2D eigenvalue weighted by Gasteiger charge is -2.28. The zero-order chi connectivity index (χ0) is 15.6. The molecule has 2 rings (SSSR count). The molecule has 2 amide bonds. The Bertz CT molecular complexity index is 520. The SMILES string of the molecule is CC(C(=O)N1CC(O)CC1C(N)=O)C(N)c1ccccc1. The Hall–Kier alpha value is -1.92. The molecule has 4 unspecified atom stereocenters. The highest BCUT2D eigenvalue weighted by atomic mass is 16.3. The van der Waals surface area contributed by atoms with Crippen LogP contribution in [0.3, 0.4) is 0 Å². The molecule has 21 heavy (non-hydrogen) atoms. The number of hydrogen-bond donors (Lipinski definition) is 3. The van der Waals surface area contributed by atoms with Gasteiger partial charge < -0.3 is 21.5 Å². The number of amides is 2. The molecule has 0 spiro atoms.